The SMILES string of the molecule is S=c1n(Cc2ccc[nH]2)nc(-c2ccncc2)n1-c1ccccc1. The van der Waals surface area contributed by atoms with Crippen molar-refractivity contribution in [2.45, 2.75) is 6.54 Å². The molecule has 3 aromatic heterocycles. The second-order valence-corrected chi connectivity index (χ2v) is 5.73. The molecule has 0 saturated carbocycles. The van der Waals surface area contributed by atoms with Gasteiger partial charge in [0.2, 0.25) is 4.77 Å². The first-order chi connectivity index (χ1) is 11.8. The first-order valence-electron chi connectivity index (χ1n) is 7.61. The van der Waals surface area contributed by atoms with E-state index in [-0.39, 0.29) is 0 Å². The maximum atomic E-state index is 5.70. The van der Waals surface area contributed by atoms with Crippen LogP contribution in [0.2, 0.25) is 0 Å². The molecule has 1 N–H and O–H groups in total. The number of rotatable bonds is 4. The van der Waals surface area contributed by atoms with Gasteiger partial charge in [-0.1, -0.05) is 18.2 Å². The van der Waals surface area contributed by atoms with E-state index >= 15 is 0 Å². The van der Waals surface area contributed by atoms with E-state index in [1.54, 1.807) is 12.4 Å². The van der Waals surface area contributed by atoms with Gasteiger partial charge in [-0.25, -0.2) is 4.68 Å². The fourth-order valence-corrected chi connectivity index (χ4v) is 2.93. The van der Waals surface area contributed by atoms with Crippen molar-refractivity contribution in [3.05, 3.63) is 83.7 Å². The summed E-state index contributed by atoms with van der Waals surface area (Å²) in [5, 5.41) is 4.76. The summed E-state index contributed by atoms with van der Waals surface area (Å²) in [5.41, 5.74) is 3.03. The summed E-state index contributed by atoms with van der Waals surface area (Å²) >= 11 is 5.70. The van der Waals surface area contributed by atoms with Crippen LogP contribution in [0.5, 0.6) is 0 Å². The maximum absolute atomic E-state index is 5.70. The number of benzene rings is 1. The fourth-order valence-electron chi connectivity index (χ4n) is 2.64. The zero-order valence-corrected chi connectivity index (χ0v) is 13.6. The first kappa shape index (κ1) is 14.6. The van der Waals surface area contributed by atoms with Crippen LogP contribution in [0.15, 0.2) is 73.2 Å². The van der Waals surface area contributed by atoms with Crippen molar-refractivity contribution in [1.29, 1.82) is 0 Å². The van der Waals surface area contributed by atoms with Crippen LogP contribution in [0.4, 0.5) is 0 Å². The van der Waals surface area contributed by atoms with Crippen LogP contribution in [-0.4, -0.2) is 24.3 Å². The molecule has 118 valence electrons. The Morgan fingerprint density at radius 1 is 0.958 bits per heavy atom. The number of nitrogens with one attached hydrogen (secondary N) is 1. The van der Waals surface area contributed by atoms with Crippen molar-refractivity contribution in [2.24, 2.45) is 0 Å². The molecule has 0 bridgehead atoms. The lowest BCUT2D eigenvalue weighted by atomic mass is 10.2. The predicted molar refractivity (Wildman–Crippen MR) is 95.5 cm³/mol. The Hall–Kier alpha value is -2.99. The molecule has 5 nitrogen and oxygen atoms in total. The summed E-state index contributed by atoms with van der Waals surface area (Å²) in [6.07, 6.45) is 5.42. The van der Waals surface area contributed by atoms with E-state index in [1.807, 2.05) is 70.0 Å². The van der Waals surface area contributed by atoms with Crippen LogP contribution in [0.1, 0.15) is 5.69 Å². The van der Waals surface area contributed by atoms with Crippen LogP contribution in [0.3, 0.4) is 0 Å². The number of hydrogen-bond donors (Lipinski definition) is 1. The molecule has 0 aliphatic carbocycles. The molecule has 0 atom stereocenters. The summed E-state index contributed by atoms with van der Waals surface area (Å²) in [7, 11) is 0. The highest BCUT2D eigenvalue weighted by atomic mass is 32.1. The zero-order chi connectivity index (χ0) is 16.4. The molecule has 4 aromatic rings. The summed E-state index contributed by atoms with van der Waals surface area (Å²) in [4.78, 5) is 7.28. The normalized spacial score (nSPS) is 10.8. The van der Waals surface area contributed by atoms with Gasteiger partial charge < -0.3 is 4.98 Å². The van der Waals surface area contributed by atoms with Crippen molar-refractivity contribution < 1.29 is 0 Å². The Balaban J connectivity index is 1.90. The number of hydrogen-bond acceptors (Lipinski definition) is 3. The Kier molecular flexibility index (Phi) is 3.80. The molecule has 0 aliphatic heterocycles. The highest BCUT2D eigenvalue weighted by Crippen LogP contribution is 2.22. The second kappa shape index (κ2) is 6.25. The molecule has 0 unspecified atom stereocenters. The molecule has 0 fully saturated rings. The lowest BCUT2D eigenvalue weighted by Gasteiger charge is -2.06. The topological polar surface area (TPSA) is 51.4 Å². The summed E-state index contributed by atoms with van der Waals surface area (Å²) in [6, 6.07) is 17.9. The Bertz CT molecular complexity index is 985. The van der Waals surface area contributed by atoms with Crippen molar-refractivity contribution in [2.75, 3.05) is 0 Å². The number of aromatic amines is 1. The molecule has 1 aromatic carbocycles. The molecule has 24 heavy (non-hydrogen) atoms. The average molecular weight is 333 g/mol. The van der Waals surface area contributed by atoms with E-state index in [1.165, 1.54) is 0 Å². The molecule has 6 heteroatoms. The minimum atomic E-state index is 0.601. The molecular weight excluding hydrogens is 318 g/mol. The van der Waals surface area contributed by atoms with Gasteiger partial charge in [0, 0.05) is 35.5 Å². The van der Waals surface area contributed by atoms with Gasteiger partial charge in [0.15, 0.2) is 5.82 Å². The van der Waals surface area contributed by atoms with Crippen molar-refractivity contribution >= 4 is 12.2 Å². The zero-order valence-electron chi connectivity index (χ0n) is 12.8. The highest BCUT2D eigenvalue weighted by Gasteiger charge is 2.14. The minimum absolute atomic E-state index is 0.601. The van der Waals surface area contributed by atoms with E-state index in [2.05, 4.69) is 9.97 Å². The second-order valence-electron chi connectivity index (χ2n) is 5.37. The lowest BCUT2D eigenvalue weighted by Crippen LogP contribution is -2.03. The Morgan fingerprint density at radius 3 is 2.46 bits per heavy atom. The minimum Gasteiger partial charge on any atom is -0.363 e. The largest absolute Gasteiger partial charge is 0.363 e. The molecule has 0 spiro atoms. The number of para-hydroxylation sites is 1. The first-order valence-corrected chi connectivity index (χ1v) is 8.02. The monoisotopic (exact) mass is 333 g/mol. The fraction of sp³-hybridized carbons (Fsp3) is 0.0556. The van der Waals surface area contributed by atoms with Crippen molar-refractivity contribution in [3.63, 3.8) is 0 Å². The highest BCUT2D eigenvalue weighted by molar-refractivity contribution is 7.71. The van der Waals surface area contributed by atoms with Crippen LogP contribution in [-0.2, 0) is 6.54 Å². The van der Waals surface area contributed by atoms with Crippen LogP contribution in [0, 0.1) is 4.77 Å². The smallest absolute Gasteiger partial charge is 0.203 e. The van der Waals surface area contributed by atoms with Gasteiger partial charge in [-0.15, -0.1) is 0 Å². The van der Waals surface area contributed by atoms with Crippen molar-refractivity contribution in [3.8, 4) is 17.1 Å². The average Bonchev–Trinajstić information content (AvgIpc) is 3.25. The van der Waals surface area contributed by atoms with Gasteiger partial charge in [0.05, 0.1) is 6.54 Å². The van der Waals surface area contributed by atoms with Gasteiger partial charge in [0.1, 0.15) is 0 Å². The standard InChI is InChI=1S/C18H15N5S/c24-18-22(13-15-5-4-10-20-15)21-17(14-8-11-19-12-9-14)23(18)16-6-2-1-3-7-16/h1-12,20H,13H2. The number of aromatic nitrogens is 5. The summed E-state index contributed by atoms with van der Waals surface area (Å²) < 4.78 is 4.49. The van der Waals surface area contributed by atoms with Gasteiger partial charge >= 0.3 is 0 Å². The van der Waals surface area contributed by atoms with E-state index in [9.17, 15) is 0 Å². The maximum Gasteiger partial charge on any atom is 0.203 e. The molecule has 0 amide bonds. The Labute approximate surface area is 144 Å². The molecule has 4 rings (SSSR count). The van der Waals surface area contributed by atoms with Crippen molar-refractivity contribution in [1.82, 2.24) is 24.3 Å². The van der Waals surface area contributed by atoms with E-state index in [0.717, 1.165) is 22.8 Å². The molecule has 3 heterocycles. The van der Waals surface area contributed by atoms with E-state index < -0.39 is 0 Å². The lowest BCUT2D eigenvalue weighted by molar-refractivity contribution is 0.662. The van der Waals surface area contributed by atoms with Gasteiger partial charge in [-0.3, -0.25) is 9.55 Å². The number of H-pyrrole nitrogens is 1. The third kappa shape index (κ3) is 2.68. The number of nitrogens with zero attached hydrogens (tertiary/aromatic N) is 4. The van der Waals surface area contributed by atoms with Gasteiger partial charge in [0.25, 0.3) is 0 Å². The molecular formula is C18H15N5S. The summed E-state index contributed by atoms with van der Waals surface area (Å²) in [5.74, 6) is 0.806. The Morgan fingerprint density at radius 2 is 1.75 bits per heavy atom. The van der Waals surface area contributed by atoms with Gasteiger partial charge in [-0.05, 0) is 48.6 Å². The molecule has 0 radical (unpaired) electrons. The van der Waals surface area contributed by atoms with Crippen LogP contribution < -0.4 is 0 Å². The predicted octanol–water partition coefficient (Wildman–Crippen LogP) is 3.84. The summed E-state index contributed by atoms with van der Waals surface area (Å²) in [6.45, 7) is 0.601. The van der Waals surface area contributed by atoms with Crippen LogP contribution >= 0.6 is 12.2 Å². The van der Waals surface area contributed by atoms with Gasteiger partial charge in [-0.2, -0.15) is 5.10 Å². The number of pyridine rings is 1. The third-order valence-corrected chi connectivity index (χ3v) is 4.17. The van der Waals surface area contributed by atoms with E-state index in [0.29, 0.717) is 11.3 Å². The quantitative estimate of drug-likeness (QED) is 0.577. The third-order valence-electron chi connectivity index (χ3n) is 3.77. The van der Waals surface area contributed by atoms with Crippen LogP contribution in [0.25, 0.3) is 17.1 Å². The molecule has 0 aliphatic rings. The molecule has 0 saturated heterocycles. The van der Waals surface area contributed by atoms with E-state index in [4.69, 9.17) is 17.3 Å².